The topological polar surface area (TPSA) is 324 Å². The van der Waals surface area contributed by atoms with Crippen LogP contribution in [0.2, 0.25) is 0 Å². The predicted octanol–water partition coefficient (Wildman–Crippen LogP) is 5.07. The first-order chi connectivity index (χ1) is 37.5. The van der Waals surface area contributed by atoms with Crippen molar-refractivity contribution in [2.24, 2.45) is 11.8 Å². The van der Waals surface area contributed by atoms with Crippen LogP contribution in [0.25, 0.3) is 0 Å². The molecule has 8 rings (SSSR count). The monoisotopic (exact) mass is 1110 g/mol. The van der Waals surface area contributed by atoms with Crippen LogP contribution in [-0.2, 0) is 48.2 Å². The summed E-state index contributed by atoms with van der Waals surface area (Å²) in [7, 11) is -8.86. The molecule has 1 aliphatic heterocycles. The normalized spacial score (nSPS) is 19.5. The Hall–Kier alpha value is -8.91. The SMILES string of the molecule is C[C@H]1CCC/C=C/[C@@H]2C[C@H](OC(=O)c3ccccc3C(=O)OCCOc3no[n+]([O-])c3S(=O)(=O)c3ccccc3)C[C@H]2[C@H](OC(=O)c2ccccc2C(=O)OCCOc2no[n+]([O-])c2S(=O)(=O)c2ccccc2)/C=C/C(=O)O1. The van der Waals surface area contributed by atoms with E-state index in [1.165, 1.54) is 103 Å². The van der Waals surface area contributed by atoms with E-state index in [0.29, 0.717) is 19.3 Å². The van der Waals surface area contributed by atoms with Gasteiger partial charge >= 0.3 is 51.7 Å². The van der Waals surface area contributed by atoms with Gasteiger partial charge in [0, 0.05) is 12.0 Å². The van der Waals surface area contributed by atoms with Crippen LogP contribution in [-0.4, -0.2) is 102 Å². The number of aromatic nitrogens is 4. The Morgan fingerprint density at radius 3 is 1.58 bits per heavy atom. The molecule has 2 aliphatic rings. The third kappa shape index (κ3) is 13.0. The molecule has 0 spiro atoms. The Bertz CT molecular complexity index is 3440. The van der Waals surface area contributed by atoms with Crippen molar-refractivity contribution in [1.82, 2.24) is 10.3 Å². The highest BCUT2D eigenvalue weighted by molar-refractivity contribution is 7.91. The van der Waals surface area contributed by atoms with Gasteiger partial charge in [0.1, 0.15) is 38.6 Å². The third-order valence-electron chi connectivity index (χ3n) is 12.2. The Balaban J connectivity index is 0.926. The molecule has 0 N–H and O–H groups in total. The highest BCUT2D eigenvalue weighted by Gasteiger charge is 2.42. The van der Waals surface area contributed by atoms with E-state index in [2.05, 4.69) is 19.6 Å². The van der Waals surface area contributed by atoms with Gasteiger partial charge in [0.05, 0.1) is 48.5 Å². The molecule has 1 fully saturated rings. The van der Waals surface area contributed by atoms with Crippen molar-refractivity contribution < 1.29 is 93.0 Å². The second-order valence-corrected chi connectivity index (χ2v) is 21.2. The first-order valence-corrected chi connectivity index (χ1v) is 27.0. The molecule has 0 amide bonds. The van der Waals surface area contributed by atoms with Crippen molar-refractivity contribution in [2.45, 2.75) is 77.2 Å². The van der Waals surface area contributed by atoms with Gasteiger partial charge in [-0.25, -0.2) is 40.8 Å². The van der Waals surface area contributed by atoms with Crippen LogP contribution in [0.5, 0.6) is 11.8 Å². The molecule has 408 valence electrons. The van der Waals surface area contributed by atoms with Gasteiger partial charge in [-0.1, -0.05) is 72.8 Å². The number of ether oxygens (including phenoxy) is 7. The number of rotatable bonds is 18. The van der Waals surface area contributed by atoms with E-state index in [1.807, 2.05) is 12.2 Å². The van der Waals surface area contributed by atoms with Crippen LogP contribution in [0.15, 0.2) is 163 Å². The molecule has 1 saturated carbocycles. The lowest BCUT2D eigenvalue weighted by atomic mass is 9.89. The van der Waals surface area contributed by atoms with E-state index in [1.54, 1.807) is 19.1 Å². The predicted molar refractivity (Wildman–Crippen MR) is 261 cm³/mol. The Kier molecular flexibility index (Phi) is 17.6. The molecule has 4 aromatic carbocycles. The zero-order valence-electron chi connectivity index (χ0n) is 41.2. The minimum Gasteiger partial charge on any atom is -0.460 e. The van der Waals surface area contributed by atoms with Crippen molar-refractivity contribution in [3.8, 4) is 11.8 Å². The number of allylic oxidation sites excluding steroid dienone is 2. The molecule has 0 bridgehead atoms. The highest BCUT2D eigenvalue weighted by Crippen LogP contribution is 2.40. The van der Waals surface area contributed by atoms with E-state index < -0.39 is 128 Å². The molecule has 1 aliphatic carbocycles. The maximum atomic E-state index is 14.2. The molecule has 24 nitrogen and oxygen atoms in total. The van der Waals surface area contributed by atoms with Gasteiger partial charge < -0.3 is 43.6 Å². The fourth-order valence-electron chi connectivity index (χ4n) is 8.54. The third-order valence-corrected chi connectivity index (χ3v) is 15.7. The van der Waals surface area contributed by atoms with E-state index >= 15 is 0 Å². The molecular weight excluding hydrogens is 1060 g/mol. The van der Waals surface area contributed by atoms with E-state index in [0.717, 1.165) is 6.08 Å². The van der Waals surface area contributed by atoms with Crippen molar-refractivity contribution in [3.63, 3.8) is 0 Å². The summed E-state index contributed by atoms with van der Waals surface area (Å²) in [5, 5.41) is 29.5. The molecule has 78 heavy (non-hydrogen) atoms. The minimum atomic E-state index is -4.43. The number of esters is 5. The standard InChI is InChI=1S/C52H48N4O20S2/c1-33-15-5-2-6-16-34-31-35(73-51(60)40-23-13-11-21-38(40)49(58)70-29-27-68-45-47(55(62)75-53-45)77(64,65)36-17-7-3-8-18-36)32-42(34)43(25-26-44(57)72-33)74-52(61)41-24-14-12-22-39(41)50(59)71-30-28-69-46-48(56(63)76-54-46)78(66,67)37-19-9-4-10-20-37/h3-4,6-14,16-26,33-35,42-43H,2,5,15,27-32H2,1H3/b16-6+,26-25+/t33-,34+,35-,42+,43+/m0/s1. The summed E-state index contributed by atoms with van der Waals surface area (Å²) >= 11 is 0. The van der Waals surface area contributed by atoms with Gasteiger partial charge in [-0.3, -0.25) is 9.26 Å². The van der Waals surface area contributed by atoms with Gasteiger partial charge in [-0.2, -0.15) is 0 Å². The summed E-state index contributed by atoms with van der Waals surface area (Å²) in [6.45, 7) is -0.223. The van der Waals surface area contributed by atoms with E-state index in [-0.39, 0.29) is 54.7 Å². The number of benzene rings is 4. The van der Waals surface area contributed by atoms with Crippen molar-refractivity contribution in [2.75, 3.05) is 26.4 Å². The van der Waals surface area contributed by atoms with Crippen LogP contribution in [0.3, 0.4) is 0 Å². The smallest absolute Gasteiger partial charge is 0.415 e. The number of hydrogen-bond acceptors (Lipinski definition) is 22. The number of carbonyl (C=O) groups excluding carboxylic acids is 5. The maximum Gasteiger partial charge on any atom is 0.415 e. The number of cyclic esters (lactones) is 1. The average Bonchev–Trinajstić information content (AvgIpc) is 4.22. The highest BCUT2D eigenvalue weighted by atomic mass is 32.2. The summed E-state index contributed by atoms with van der Waals surface area (Å²) in [6, 6.07) is 25.3. The number of sulfone groups is 2. The zero-order chi connectivity index (χ0) is 55.4. The van der Waals surface area contributed by atoms with Gasteiger partial charge in [-0.05, 0) is 109 Å². The fraction of sp³-hybridized carbons (Fsp3) is 0.288. The summed E-state index contributed by atoms with van der Waals surface area (Å²) in [4.78, 5) is 66.9. The number of carbonyl (C=O) groups is 5. The molecule has 0 radical (unpaired) electrons. The summed E-state index contributed by atoms with van der Waals surface area (Å²) in [6.07, 6.45) is 6.07. The lowest BCUT2D eigenvalue weighted by molar-refractivity contribution is -0.832. The molecule has 26 heteroatoms. The quantitative estimate of drug-likeness (QED) is 0.0356. The van der Waals surface area contributed by atoms with Gasteiger partial charge in [0.2, 0.25) is 0 Å². The number of fused-ring (bicyclic) bond motifs is 1. The van der Waals surface area contributed by atoms with Crippen molar-refractivity contribution >= 4 is 49.5 Å². The second kappa shape index (κ2) is 24.8. The zero-order valence-corrected chi connectivity index (χ0v) is 42.9. The number of nitrogens with zero attached hydrogens (tertiary/aromatic N) is 4. The van der Waals surface area contributed by atoms with Crippen molar-refractivity contribution in [3.05, 3.63) is 166 Å². The summed E-state index contributed by atoms with van der Waals surface area (Å²) in [5.41, 5.74) is -0.804. The molecule has 3 heterocycles. The average molecular weight is 1110 g/mol. The van der Waals surface area contributed by atoms with Crippen LogP contribution in [0.4, 0.5) is 0 Å². The minimum absolute atomic E-state index is 0.0851. The van der Waals surface area contributed by atoms with Gasteiger partial charge in [0.15, 0.2) is 0 Å². The van der Waals surface area contributed by atoms with Crippen LogP contribution in [0.1, 0.15) is 80.5 Å². The maximum absolute atomic E-state index is 14.2. The number of hydrogen-bond donors (Lipinski definition) is 0. The molecular formula is C52H48N4O20S2. The fourth-order valence-corrected chi connectivity index (χ4v) is 11.1. The molecule has 6 aromatic rings. The first kappa shape index (κ1) is 55.3. The summed E-state index contributed by atoms with van der Waals surface area (Å²) in [5.74, 6) is -6.97. The second-order valence-electron chi connectivity index (χ2n) is 17.4. The van der Waals surface area contributed by atoms with Gasteiger partial charge in [0.25, 0.3) is 19.7 Å². The van der Waals surface area contributed by atoms with E-state index in [4.69, 9.17) is 33.2 Å². The van der Waals surface area contributed by atoms with Gasteiger partial charge in [-0.15, -0.1) is 0 Å². The van der Waals surface area contributed by atoms with Crippen LogP contribution < -0.4 is 19.3 Å². The van der Waals surface area contributed by atoms with E-state index in [9.17, 15) is 51.2 Å². The van der Waals surface area contributed by atoms with Crippen molar-refractivity contribution in [1.29, 1.82) is 0 Å². The Morgan fingerprint density at radius 2 is 1.08 bits per heavy atom. The van der Waals surface area contributed by atoms with Crippen LogP contribution in [0, 0.1) is 22.3 Å². The lowest BCUT2D eigenvalue weighted by Crippen LogP contribution is -2.31. The lowest BCUT2D eigenvalue weighted by Gasteiger charge is -2.25. The molecule has 0 saturated heterocycles. The summed E-state index contributed by atoms with van der Waals surface area (Å²) < 4.78 is 101. The molecule has 2 aromatic heterocycles. The molecule has 5 atom stereocenters. The van der Waals surface area contributed by atoms with Crippen LogP contribution >= 0.6 is 0 Å². The first-order valence-electron chi connectivity index (χ1n) is 24.1. The largest absolute Gasteiger partial charge is 0.460 e. The molecule has 0 unspecified atom stereocenters. The Morgan fingerprint density at radius 1 is 0.615 bits per heavy atom. The Labute approximate surface area is 444 Å².